The molecule has 2 heteroatoms. The molecule has 2 nitrogen and oxygen atoms in total. The van der Waals surface area contributed by atoms with Gasteiger partial charge < -0.3 is 5.32 Å². The first-order valence-electron chi connectivity index (χ1n) is 6.58. The molecular formula is C16H19NO. The topological polar surface area (TPSA) is 29.1 Å². The zero-order chi connectivity index (χ0) is 13.0. The van der Waals surface area contributed by atoms with Crippen LogP contribution in [-0.4, -0.2) is 5.91 Å². The molecule has 1 amide bonds. The van der Waals surface area contributed by atoms with E-state index in [1.54, 1.807) is 0 Å². The number of hydrogen-bond acceptors (Lipinski definition) is 1. The van der Waals surface area contributed by atoms with Crippen LogP contribution < -0.4 is 5.32 Å². The van der Waals surface area contributed by atoms with Crippen molar-refractivity contribution in [1.29, 1.82) is 0 Å². The molecule has 0 bridgehead atoms. The van der Waals surface area contributed by atoms with E-state index in [1.807, 2.05) is 24.3 Å². The summed E-state index contributed by atoms with van der Waals surface area (Å²) in [6.45, 7) is 2.10. The van der Waals surface area contributed by atoms with Crippen LogP contribution in [0, 0.1) is 17.8 Å². The Labute approximate surface area is 109 Å². The summed E-state index contributed by atoms with van der Waals surface area (Å²) in [7, 11) is 0. The highest BCUT2D eigenvalue weighted by Crippen LogP contribution is 2.41. The molecular weight excluding hydrogens is 222 g/mol. The molecule has 1 aliphatic rings. The van der Waals surface area contributed by atoms with Gasteiger partial charge >= 0.3 is 0 Å². The number of carbonyl (C=O) groups is 1. The van der Waals surface area contributed by atoms with Crippen molar-refractivity contribution in [2.75, 3.05) is 5.32 Å². The molecule has 0 atom stereocenters. The number of carbonyl (C=O) groups excluding carboxylic acids is 1. The molecule has 0 saturated heterocycles. The van der Waals surface area contributed by atoms with Gasteiger partial charge in [-0.3, -0.25) is 4.79 Å². The molecule has 1 aliphatic carbocycles. The van der Waals surface area contributed by atoms with E-state index in [0.29, 0.717) is 0 Å². The first-order valence-corrected chi connectivity index (χ1v) is 6.58. The van der Waals surface area contributed by atoms with Crippen LogP contribution in [0.4, 0.5) is 5.69 Å². The fourth-order valence-electron chi connectivity index (χ4n) is 2.74. The number of hydrogen-bond donors (Lipinski definition) is 1. The van der Waals surface area contributed by atoms with E-state index in [2.05, 4.69) is 18.2 Å². The molecule has 0 unspecified atom stereocenters. The lowest BCUT2D eigenvalue weighted by Crippen LogP contribution is -2.33. The average Bonchev–Trinajstić information content (AvgIpc) is 2.89. The van der Waals surface area contributed by atoms with Crippen LogP contribution in [0.1, 0.15) is 44.6 Å². The maximum absolute atomic E-state index is 12.4. The minimum Gasteiger partial charge on any atom is -0.326 e. The van der Waals surface area contributed by atoms with Gasteiger partial charge in [-0.2, -0.15) is 0 Å². The molecule has 1 fully saturated rings. The van der Waals surface area contributed by atoms with E-state index in [-0.39, 0.29) is 11.3 Å². The molecule has 0 aliphatic heterocycles. The number of benzene rings is 1. The molecule has 2 rings (SSSR count). The van der Waals surface area contributed by atoms with E-state index in [9.17, 15) is 4.79 Å². The van der Waals surface area contributed by atoms with Gasteiger partial charge in [0, 0.05) is 16.7 Å². The minimum absolute atomic E-state index is 0.150. The standard InChI is InChI=1S/C16H19NO/c1-3-13-8-7-9-14(12-13)17-15(18)16(4-2)10-5-6-11-16/h1,7-9,12H,4-6,10-11H2,2H3,(H,17,18). The molecule has 94 valence electrons. The predicted molar refractivity (Wildman–Crippen MR) is 74.2 cm³/mol. The molecule has 1 aromatic rings. The van der Waals surface area contributed by atoms with Crippen molar-refractivity contribution >= 4 is 11.6 Å². The van der Waals surface area contributed by atoms with Crippen LogP contribution in [0.15, 0.2) is 24.3 Å². The summed E-state index contributed by atoms with van der Waals surface area (Å²) < 4.78 is 0. The molecule has 1 N–H and O–H groups in total. The smallest absolute Gasteiger partial charge is 0.230 e. The molecule has 0 aromatic heterocycles. The van der Waals surface area contributed by atoms with Crippen molar-refractivity contribution in [2.45, 2.75) is 39.0 Å². The lowest BCUT2D eigenvalue weighted by Gasteiger charge is -2.26. The van der Waals surface area contributed by atoms with Crippen LogP contribution in [-0.2, 0) is 4.79 Å². The molecule has 1 aromatic carbocycles. The summed E-state index contributed by atoms with van der Waals surface area (Å²) in [6, 6.07) is 7.46. The fourth-order valence-corrected chi connectivity index (χ4v) is 2.74. The van der Waals surface area contributed by atoms with Crippen LogP contribution in [0.5, 0.6) is 0 Å². The zero-order valence-corrected chi connectivity index (χ0v) is 10.8. The highest BCUT2D eigenvalue weighted by Gasteiger charge is 2.39. The molecule has 0 radical (unpaired) electrons. The Hall–Kier alpha value is -1.75. The fraction of sp³-hybridized carbons (Fsp3) is 0.438. The summed E-state index contributed by atoms with van der Waals surface area (Å²) in [4.78, 5) is 12.4. The van der Waals surface area contributed by atoms with Crippen molar-refractivity contribution < 1.29 is 4.79 Å². The van der Waals surface area contributed by atoms with Crippen LogP contribution in [0.3, 0.4) is 0 Å². The third-order valence-electron chi connectivity index (χ3n) is 4.01. The Kier molecular flexibility index (Phi) is 3.72. The number of rotatable bonds is 3. The van der Waals surface area contributed by atoms with Crippen LogP contribution in [0.25, 0.3) is 0 Å². The van der Waals surface area contributed by atoms with Gasteiger partial charge in [0.2, 0.25) is 5.91 Å². The van der Waals surface area contributed by atoms with Crippen LogP contribution >= 0.6 is 0 Å². The van der Waals surface area contributed by atoms with Gasteiger partial charge in [-0.15, -0.1) is 6.42 Å². The third-order valence-corrected chi connectivity index (χ3v) is 4.01. The predicted octanol–water partition coefficient (Wildman–Crippen LogP) is 3.58. The third kappa shape index (κ3) is 2.41. The summed E-state index contributed by atoms with van der Waals surface area (Å²) in [6.07, 6.45) is 10.6. The summed E-state index contributed by atoms with van der Waals surface area (Å²) in [5, 5.41) is 3.02. The highest BCUT2D eigenvalue weighted by molar-refractivity contribution is 5.95. The molecule has 0 spiro atoms. The Bertz CT molecular complexity index is 478. The van der Waals surface area contributed by atoms with Crippen molar-refractivity contribution in [1.82, 2.24) is 0 Å². The van der Waals surface area contributed by atoms with Gasteiger partial charge in [-0.25, -0.2) is 0 Å². The summed E-state index contributed by atoms with van der Waals surface area (Å²) >= 11 is 0. The lowest BCUT2D eigenvalue weighted by atomic mass is 9.82. The Morgan fingerprint density at radius 2 is 2.17 bits per heavy atom. The van der Waals surface area contributed by atoms with E-state index in [1.165, 1.54) is 0 Å². The SMILES string of the molecule is C#Cc1cccc(NC(=O)C2(CC)CCCC2)c1. The second-order valence-corrected chi connectivity index (χ2v) is 5.02. The maximum atomic E-state index is 12.4. The monoisotopic (exact) mass is 241 g/mol. The van der Waals surface area contributed by atoms with E-state index >= 15 is 0 Å². The number of amides is 1. The van der Waals surface area contributed by atoms with Gasteiger partial charge in [0.05, 0.1) is 0 Å². The normalized spacial score (nSPS) is 17.1. The quantitative estimate of drug-likeness (QED) is 0.805. The van der Waals surface area contributed by atoms with Gasteiger partial charge in [-0.05, 0) is 37.5 Å². The highest BCUT2D eigenvalue weighted by atomic mass is 16.2. The first-order chi connectivity index (χ1) is 8.70. The van der Waals surface area contributed by atoms with Crippen molar-refractivity contribution in [3.8, 4) is 12.3 Å². The van der Waals surface area contributed by atoms with Gasteiger partial charge in [0.1, 0.15) is 0 Å². The zero-order valence-electron chi connectivity index (χ0n) is 10.8. The van der Waals surface area contributed by atoms with Gasteiger partial charge in [0.15, 0.2) is 0 Å². The second kappa shape index (κ2) is 5.27. The summed E-state index contributed by atoms with van der Waals surface area (Å²) in [5.41, 5.74) is 1.44. The molecule has 0 heterocycles. The van der Waals surface area contributed by atoms with Gasteiger partial charge in [-0.1, -0.05) is 31.8 Å². The molecule has 18 heavy (non-hydrogen) atoms. The largest absolute Gasteiger partial charge is 0.326 e. The number of nitrogens with one attached hydrogen (secondary N) is 1. The second-order valence-electron chi connectivity index (χ2n) is 5.02. The summed E-state index contributed by atoms with van der Waals surface area (Å²) in [5.74, 6) is 2.73. The Morgan fingerprint density at radius 1 is 1.44 bits per heavy atom. The number of anilines is 1. The maximum Gasteiger partial charge on any atom is 0.230 e. The van der Waals surface area contributed by atoms with Crippen LogP contribution in [0.2, 0.25) is 0 Å². The first kappa shape index (κ1) is 12.7. The van der Waals surface area contributed by atoms with E-state index < -0.39 is 0 Å². The minimum atomic E-state index is -0.161. The Balaban J connectivity index is 2.13. The average molecular weight is 241 g/mol. The van der Waals surface area contributed by atoms with Crippen molar-refractivity contribution in [2.24, 2.45) is 5.41 Å². The lowest BCUT2D eigenvalue weighted by molar-refractivity contribution is -0.125. The van der Waals surface area contributed by atoms with E-state index in [4.69, 9.17) is 6.42 Å². The number of terminal acetylenes is 1. The van der Waals surface area contributed by atoms with Crippen molar-refractivity contribution in [3.63, 3.8) is 0 Å². The van der Waals surface area contributed by atoms with Crippen molar-refractivity contribution in [3.05, 3.63) is 29.8 Å². The molecule has 1 saturated carbocycles. The Morgan fingerprint density at radius 3 is 2.78 bits per heavy atom. The van der Waals surface area contributed by atoms with E-state index in [0.717, 1.165) is 43.4 Å². The van der Waals surface area contributed by atoms with Gasteiger partial charge in [0.25, 0.3) is 0 Å².